The molecule has 0 bridgehead atoms. The van der Waals surface area contributed by atoms with E-state index in [4.69, 9.17) is 0 Å². The lowest BCUT2D eigenvalue weighted by Crippen LogP contribution is -1.91. The first-order valence-corrected chi connectivity index (χ1v) is 4.22. The van der Waals surface area contributed by atoms with Crippen molar-refractivity contribution < 1.29 is 0 Å². The van der Waals surface area contributed by atoms with Gasteiger partial charge in [-0.05, 0) is 24.8 Å². The standard InChI is InChI=1S/C11H15/c1-3-7-10(2)11-8-5-4-6-9-11/h4-6,8-10H,2-3,7H2,1H3. The van der Waals surface area contributed by atoms with Crippen molar-refractivity contribution in [2.75, 3.05) is 0 Å². The minimum absolute atomic E-state index is 0.473. The van der Waals surface area contributed by atoms with E-state index in [0.29, 0.717) is 5.92 Å². The maximum Gasteiger partial charge on any atom is -0.0162 e. The summed E-state index contributed by atoms with van der Waals surface area (Å²) in [4.78, 5) is 0. The quantitative estimate of drug-likeness (QED) is 0.614. The molecule has 1 aromatic carbocycles. The van der Waals surface area contributed by atoms with E-state index in [1.165, 1.54) is 18.4 Å². The Labute approximate surface area is 69.3 Å². The molecule has 0 aliphatic carbocycles. The van der Waals surface area contributed by atoms with E-state index in [0.717, 1.165) is 0 Å². The van der Waals surface area contributed by atoms with Gasteiger partial charge in [0, 0.05) is 0 Å². The van der Waals surface area contributed by atoms with Crippen molar-refractivity contribution >= 4 is 0 Å². The third-order valence-corrected chi connectivity index (χ3v) is 1.91. The van der Waals surface area contributed by atoms with Gasteiger partial charge in [-0.25, -0.2) is 0 Å². The van der Waals surface area contributed by atoms with Crippen LogP contribution in [-0.2, 0) is 0 Å². The minimum Gasteiger partial charge on any atom is -0.0654 e. The molecule has 11 heavy (non-hydrogen) atoms. The topological polar surface area (TPSA) is 0 Å². The van der Waals surface area contributed by atoms with Gasteiger partial charge in [-0.15, -0.1) is 0 Å². The van der Waals surface area contributed by atoms with Gasteiger partial charge in [-0.3, -0.25) is 0 Å². The van der Waals surface area contributed by atoms with E-state index < -0.39 is 0 Å². The van der Waals surface area contributed by atoms with E-state index in [9.17, 15) is 0 Å². The second-order valence-corrected chi connectivity index (χ2v) is 2.90. The van der Waals surface area contributed by atoms with Crippen LogP contribution in [0.5, 0.6) is 0 Å². The van der Waals surface area contributed by atoms with Crippen LogP contribution in [0, 0.1) is 6.92 Å². The Morgan fingerprint density at radius 3 is 2.45 bits per heavy atom. The van der Waals surface area contributed by atoms with Crippen LogP contribution in [0.15, 0.2) is 30.3 Å². The van der Waals surface area contributed by atoms with Gasteiger partial charge in [0.25, 0.3) is 0 Å². The Balaban J connectivity index is 2.61. The molecule has 0 amide bonds. The highest BCUT2D eigenvalue weighted by atomic mass is 14.1. The van der Waals surface area contributed by atoms with E-state index in [-0.39, 0.29) is 0 Å². The number of rotatable bonds is 3. The Kier molecular flexibility index (Phi) is 3.15. The molecule has 0 saturated carbocycles. The van der Waals surface area contributed by atoms with E-state index in [1.54, 1.807) is 0 Å². The summed E-state index contributed by atoms with van der Waals surface area (Å²) in [6, 6.07) is 10.5. The monoisotopic (exact) mass is 147 g/mol. The third kappa shape index (κ3) is 2.38. The van der Waals surface area contributed by atoms with Gasteiger partial charge >= 0.3 is 0 Å². The molecule has 0 spiro atoms. The average Bonchev–Trinajstić information content (AvgIpc) is 2.07. The van der Waals surface area contributed by atoms with Crippen molar-refractivity contribution in [3.05, 3.63) is 42.8 Å². The molecule has 0 saturated heterocycles. The molecule has 1 unspecified atom stereocenters. The van der Waals surface area contributed by atoms with Gasteiger partial charge in [0.15, 0.2) is 0 Å². The molecule has 59 valence electrons. The van der Waals surface area contributed by atoms with Crippen molar-refractivity contribution in [1.29, 1.82) is 0 Å². The Hall–Kier alpha value is -0.780. The SMILES string of the molecule is [CH2]C(CCC)c1ccccc1. The van der Waals surface area contributed by atoms with Crippen LogP contribution in [0.4, 0.5) is 0 Å². The summed E-state index contributed by atoms with van der Waals surface area (Å²) in [5.41, 5.74) is 1.36. The lowest BCUT2D eigenvalue weighted by molar-refractivity contribution is 0.714. The molecule has 0 nitrogen and oxygen atoms in total. The summed E-state index contributed by atoms with van der Waals surface area (Å²) in [5, 5.41) is 0. The summed E-state index contributed by atoms with van der Waals surface area (Å²) < 4.78 is 0. The van der Waals surface area contributed by atoms with Crippen LogP contribution >= 0.6 is 0 Å². The van der Waals surface area contributed by atoms with Crippen LogP contribution in [0.3, 0.4) is 0 Å². The maximum absolute atomic E-state index is 4.10. The minimum atomic E-state index is 0.473. The van der Waals surface area contributed by atoms with Crippen molar-refractivity contribution in [1.82, 2.24) is 0 Å². The predicted molar refractivity (Wildman–Crippen MR) is 49.4 cm³/mol. The highest BCUT2D eigenvalue weighted by molar-refractivity contribution is 5.19. The molecule has 0 aromatic heterocycles. The molecule has 0 heterocycles. The van der Waals surface area contributed by atoms with E-state index in [2.05, 4.69) is 38.1 Å². The smallest absolute Gasteiger partial charge is 0.0162 e. The van der Waals surface area contributed by atoms with Gasteiger partial charge < -0.3 is 0 Å². The zero-order valence-electron chi connectivity index (χ0n) is 7.09. The van der Waals surface area contributed by atoms with Gasteiger partial charge in [0.05, 0.1) is 0 Å². The highest BCUT2D eigenvalue weighted by Crippen LogP contribution is 2.18. The fraction of sp³-hybridized carbons (Fsp3) is 0.364. The second-order valence-electron chi connectivity index (χ2n) is 2.90. The number of hydrogen-bond acceptors (Lipinski definition) is 0. The Morgan fingerprint density at radius 1 is 1.27 bits per heavy atom. The van der Waals surface area contributed by atoms with Crippen molar-refractivity contribution in [3.8, 4) is 0 Å². The first-order chi connectivity index (χ1) is 5.34. The molecule has 0 fully saturated rings. The summed E-state index contributed by atoms with van der Waals surface area (Å²) in [7, 11) is 0. The zero-order chi connectivity index (χ0) is 8.10. The lowest BCUT2D eigenvalue weighted by atomic mass is 9.97. The Bertz CT molecular complexity index is 188. The van der Waals surface area contributed by atoms with Crippen molar-refractivity contribution in [3.63, 3.8) is 0 Å². The first-order valence-electron chi connectivity index (χ1n) is 4.22. The molecular formula is C11H15. The lowest BCUT2D eigenvalue weighted by Gasteiger charge is -2.08. The fourth-order valence-corrected chi connectivity index (χ4v) is 1.24. The van der Waals surface area contributed by atoms with Crippen LogP contribution in [0.1, 0.15) is 31.2 Å². The van der Waals surface area contributed by atoms with Crippen LogP contribution in [-0.4, -0.2) is 0 Å². The molecule has 1 atom stereocenters. The van der Waals surface area contributed by atoms with Gasteiger partial charge in [-0.1, -0.05) is 43.7 Å². The van der Waals surface area contributed by atoms with Crippen molar-refractivity contribution in [2.24, 2.45) is 0 Å². The molecule has 1 aromatic rings. The van der Waals surface area contributed by atoms with Gasteiger partial charge in [0.1, 0.15) is 0 Å². The average molecular weight is 147 g/mol. The molecule has 0 aliphatic heterocycles. The summed E-state index contributed by atoms with van der Waals surface area (Å²) in [6.45, 7) is 6.29. The molecule has 1 radical (unpaired) electrons. The fourth-order valence-electron chi connectivity index (χ4n) is 1.24. The molecule has 1 rings (SSSR count). The van der Waals surface area contributed by atoms with Crippen LogP contribution in [0.2, 0.25) is 0 Å². The normalized spacial score (nSPS) is 12.9. The van der Waals surface area contributed by atoms with Crippen molar-refractivity contribution in [2.45, 2.75) is 25.7 Å². The second kappa shape index (κ2) is 4.17. The zero-order valence-corrected chi connectivity index (χ0v) is 7.09. The summed E-state index contributed by atoms with van der Waals surface area (Å²) in [6.07, 6.45) is 2.40. The van der Waals surface area contributed by atoms with Crippen LogP contribution in [0.25, 0.3) is 0 Å². The summed E-state index contributed by atoms with van der Waals surface area (Å²) >= 11 is 0. The Morgan fingerprint density at radius 2 is 1.91 bits per heavy atom. The molecule has 0 heteroatoms. The highest BCUT2D eigenvalue weighted by Gasteiger charge is 2.01. The number of hydrogen-bond donors (Lipinski definition) is 0. The molecule has 0 N–H and O–H groups in total. The largest absolute Gasteiger partial charge is 0.0654 e. The third-order valence-electron chi connectivity index (χ3n) is 1.91. The van der Waals surface area contributed by atoms with Gasteiger partial charge in [0.2, 0.25) is 0 Å². The van der Waals surface area contributed by atoms with E-state index >= 15 is 0 Å². The van der Waals surface area contributed by atoms with E-state index in [1.807, 2.05) is 6.07 Å². The molecule has 0 aliphatic rings. The molecular weight excluding hydrogens is 132 g/mol. The predicted octanol–water partition coefficient (Wildman–Crippen LogP) is 3.40. The van der Waals surface area contributed by atoms with Crippen LogP contribution < -0.4 is 0 Å². The van der Waals surface area contributed by atoms with Gasteiger partial charge in [-0.2, -0.15) is 0 Å². The summed E-state index contributed by atoms with van der Waals surface area (Å²) in [5.74, 6) is 0.473. The first kappa shape index (κ1) is 8.32. The number of benzene rings is 1. The maximum atomic E-state index is 4.10.